The second-order valence-electron chi connectivity index (χ2n) is 4.80. The van der Waals surface area contributed by atoms with Gasteiger partial charge in [-0.3, -0.25) is 4.79 Å². The molecule has 0 unspecified atom stereocenters. The number of rotatable bonds is 3. The van der Waals surface area contributed by atoms with Crippen LogP contribution in [0.15, 0.2) is 46.9 Å². The smallest absolute Gasteiger partial charge is 0.221 e. The fourth-order valence-electron chi connectivity index (χ4n) is 2.04. The van der Waals surface area contributed by atoms with Gasteiger partial charge in [-0.15, -0.1) is 0 Å². The molecule has 5 heteroatoms. The SMILES string of the molecule is CC(=O)Nc1ccc(/C=C/c2nc3cc(Cl)ccc3o2)cc1. The summed E-state index contributed by atoms with van der Waals surface area (Å²) in [6, 6.07) is 12.8. The molecule has 0 saturated carbocycles. The van der Waals surface area contributed by atoms with E-state index in [0.717, 1.165) is 16.8 Å². The highest BCUT2D eigenvalue weighted by atomic mass is 35.5. The van der Waals surface area contributed by atoms with Crippen LogP contribution in [0.1, 0.15) is 18.4 Å². The zero-order valence-corrected chi connectivity index (χ0v) is 12.6. The summed E-state index contributed by atoms with van der Waals surface area (Å²) < 4.78 is 5.61. The van der Waals surface area contributed by atoms with Crippen molar-refractivity contribution in [2.75, 3.05) is 5.32 Å². The Labute approximate surface area is 132 Å². The van der Waals surface area contributed by atoms with E-state index in [2.05, 4.69) is 10.3 Å². The van der Waals surface area contributed by atoms with Crippen molar-refractivity contribution in [3.8, 4) is 0 Å². The molecule has 1 N–H and O–H groups in total. The molecule has 0 radical (unpaired) electrons. The number of benzene rings is 2. The highest BCUT2D eigenvalue weighted by Gasteiger charge is 2.03. The van der Waals surface area contributed by atoms with Crippen molar-refractivity contribution in [3.63, 3.8) is 0 Å². The number of amides is 1. The van der Waals surface area contributed by atoms with Gasteiger partial charge in [-0.05, 0) is 42.0 Å². The molecule has 0 aliphatic rings. The molecule has 3 rings (SSSR count). The first-order valence-corrected chi connectivity index (χ1v) is 7.10. The number of nitrogens with one attached hydrogen (secondary N) is 1. The van der Waals surface area contributed by atoms with Crippen molar-refractivity contribution in [3.05, 3.63) is 58.9 Å². The largest absolute Gasteiger partial charge is 0.437 e. The van der Waals surface area contributed by atoms with Crippen LogP contribution in [0.5, 0.6) is 0 Å². The number of anilines is 1. The lowest BCUT2D eigenvalue weighted by Gasteiger charge is -2.01. The zero-order valence-electron chi connectivity index (χ0n) is 11.8. The normalized spacial score (nSPS) is 11.2. The molecule has 4 nitrogen and oxygen atoms in total. The van der Waals surface area contributed by atoms with E-state index in [4.69, 9.17) is 16.0 Å². The maximum Gasteiger partial charge on any atom is 0.221 e. The second-order valence-corrected chi connectivity index (χ2v) is 5.24. The Balaban J connectivity index is 1.78. The summed E-state index contributed by atoms with van der Waals surface area (Å²) in [4.78, 5) is 15.3. The lowest BCUT2D eigenvalue weighted by molar-refractivity contribution is -0.114. The number of hydrogen-bond acceptors (Lipinski definition) is 3. The number of halogens is 1. The van der Waals surface area contributed by atoms with Crippen molar-refractivity contribution in [1.29, 1.82) is 0 Å². The number of nitrogens with zero attached hydrogens (tertiary/aromatic N) is 1. The fraction of sp³-hybridized carbons (Fsp3) is 0.0588. The molecule has 0 atom stereocenters. The molecular formula is C17H13ClN2O2. The highest BCUT2D eigenvalue weighted by molar-refractivity contribution is 6.31. The van der Waals surface area contributed by atoms with E-state index in [1.54, 1.807) is 24.3 Å². The van der Waals surface area contributed by atoms with Gasteiger partial charge in [0, 0.05) is 23.7 Å². The summed E-state index contributed by atoms with van der Waals surface area (Å²) >= 11 is 5.92. The van der Waals surface area contributed by atoms with Crippen LogP contribution in [0.3, 0.4) is 0 Å². The average Bonchev–Trinajstić information content (AvgIpc) is 2.88. The highest BCUT2D eigenvalue weighted by Crippen LogP contribution is 2.21. The molecule has 22 heavy (non-hydrogen) atoms. The number of aromatic nitrogens is 1. The molecule has 0 saturated heterocycles. The third kappa shape index (κ3) is 3.35. The van der Waals surface area contributed by atoms with Crippen LogP contribution in [-0.2, 0) is 4.79 Å². The van der Waals surface area contributed by atoms with Crippen LogP contribution in [0, 0.1) is 0 Å². The molecule has 1 aromatic heterocycles. The lowest BCUT2D eigenvalue weighted by Crippen LogP contribution is -2.05. The number of hydrogen-bond donors (Lipinski definition) is 1. The van der Waals surface area contributed by atoms with Gasteiger partial charge in [0.15, 0.2) is 5.58 Å². The maximum atomic E-state index is 11.0. The first-order chi connectivity index (χ1) is 10.6. The van der Waals surface area contributed by atoms with Crippen molar-refractivity contribution >= 4 is 46.4 Å². The van der Waals surface area contributed by atoms with Gasteiger partial charge in [-0.2, -0.15) is 0 Å². The summed E-state index contributed by atoms with van der Waals surface area (Å²) in [5.41, 5.74) is 3.17. The van der Waals surface area contributed by atoms with Gasteiger partial charge in [0.25, 0.3) is 0 Å². The van der Waals surface area contributed by atoms with Crippen LogP contribution >= 0.6 is 11.6 Å². The summed E-state index contributed by atoms with van der Waals surface area (Å²) in [5, 5.41) is 3.35. The molecule has 0 bridgehead atoms. The van der Waals surface area contributed by atoms with E-state index in [9.17, 15) is 4.79 Å². The summed E-state index contributed by atoms with van der Waals surface area (Å²) in [6.45, 7) is 1.48. The zero-order chi connectivity index (χ0) is 15.5. The molecule has 0 spiro atoms. The fourth-order valence-corrected chi connectivity index (χ4v) is 2.20. The monoisotopic (exact) mass is 312 g/mol. The molecular weight excluding hydrogens is 300 g/mol. The van der Waals surface area contributed by atoms with E-state index in [0.29, 0.717) is 16.5 Å². The quantitative estimate of drug-likeness (QED) is 0.768. The Hall–Kier alpha value is -2.59. The van der Waals surface area contributed by atoms with E-state index in [1.807, 2.05) is 30.3 Å². The number of carbonyl (C=O) groups is 1. The summed E-state index contributed by atoms with van der Waals surface area (Å²) in [7, 11) is 0. The van der Waals surface area contributed by atoms with E-state index in [1.165, 1.54) is 6.92 Å². The molecule has 0 aliphatic heterocycles. The van der Waals surface area contributed by atoms with Crippen LogP contribution in [0.25, 0.3) is 23.3 Å². The summed E-state index contributed by atoms with van der Waals surface area (Å²) in [5.74, 6) is 0.427. The Morgan fingerprint density at radius 1 is 1.18 bits per heavy atom. The Bertz CT molecular complexity index is 851. The van der Waals surface area contributed by atoms with Gasteiger partial charge in [0.1, 0.15) is 5.52 Å². The van der Waals surface area contributed by atoms with Crippen molar-refractivity contribution in [2.24, 2.45) is 0 Å². The van der Waals surface area contributed by atoms with Gasteiger partial charge in [-0.1, -0.05) is 23.7 Å². The van der Waals surface area contributed by atoms with Crippen LogP contribution in [0.4, 0.5) is 5.69 Å². The number of fused-ring (bicyclic) bond motifs is 1. The Kier molecular flexibility index (Phi) is 3.94. The van der Waals surface area contributed by atoms with Gasteiger partial charge < -0.3 is 9.73 Å². The maximum absolute atomic E-state index is 11.0. The Morgan fingerprint density at radius 3 is 2.68 bits per heavy atom. The van der Waals surface area contributed by atoms with Crippen LogP contribution < -0.4 is 5.32 Å². The minimum absolute atomic E-state index is 0.0894. The molecule has 1 heterocycles. The predicted molar refractivity (Wildman–Crippen MR) is 88.7 cm³/mol. The first-order valence-electron chi connectivity index (χ1n) is 6.72. The lowest BCUT2D eigenvalue weighted by atomic mass is 10.2. The molecule has 0 fully saturated rings. The third-order valence-electron chi connectivity index (χ3n) is 3.02. The molecule has 0 aliphatic carbocycles. The predicted octanol–water partition coefficient (Wildman–Crippen LogP) is 4.61. The molecule has 2 aromatic carbocycles. The minimum Gasteiger partial charge on any atom is -0.437 e. The topological polar surface area (TPSA) is 55.1 Å². The third-order valence-corrected chi connectivity index (χ3v) is 3.25. The van der Waals surface area contributed by atoms with Crippen molar-refractivity contribution < 1.29 is 9.21 Å². The average molecular weight is 313 g/mol. The van der Waals surface area contributed by atoms with Gasteiger partial charge >= 0.3 is 0 Å². The van der Waals surface area contributed by atoms with Crippen LogP contribution in [-0.4, -0.2) is 10.9 Å². The van der Waals surface area contributed by atoms with Gasteiger partial charge in [0.2, 0.25) is 11.8 Å². The van der Waals surface area contributed by atoms with E-state index >= 15 is 0 Å². The Morgan fingerprint density at radius 2 is 1.95 bits per heavy atom. The number of oxazole rings is 1. The first kappa shape index (κ1) is 14.4. The molecule has 110 valence electrons. The summed E-state index contributed by atoms with van der Waals surface area (Å²) in [6.07, 6.45) is 3.69. The molecule has 1 amide bonds. The number of carbonyl (C=O) groups excluding carboxylic acids is 1. The second kappa shape index (κ2) is 6.03. The van der Waals surface area contributed by atoms with Crippen LogP contribution in [0.2, 0.25) is 5.02 Å². The minimum atomic E-state index is -0.0894. The van der Waals surface area contributed by atoms with E-state index in [-0.39, 0.29) is 5.91 Å². The van der Waals surface area contributed by atoms with Crippen molar-refractivity contribution in [1.82, 2.24) is 4.98 Å². The standard InChI is InChI=1S/C17H13ClN2O2/c1-11(21)19-14-6-2-12(3-7-14)4-9-17-20-15-10-13(18)5-8-16(15)22-17/h2-10H,1H3,(H,19,21)/b9-4+. The molecule has 3 aromatic rings. The van der Waals surface area contributed by atoms with Crippen molar-refractivity contribution in [2.45, 2.75) is 6.92 Å². The van der Waals surface area contributed by atoms with Gasteiger partial charge in [-0.25, -0.2) is 4.98 Å². The van der Waals surface area contributed by atoms with E-state index < -0.39 is 0 Å². The van der Waals surface area contributed by atoms with Gasteiger partial charge in [0.05, 0.1) is 0 Å².